The van der Waals surface area contributed by atoms with Gasteiger partial charge in [-0.3, -0.25) is 10.1 Å². The van der Waals surface area contributed by atoms with Crippen LogP contribution < -0.4 is 5.32 Å². The fourth-order valence-electron chi connectivity index (χ4n) is 3.33. The lowest BCUT2D eigenvalue weighted by Gasteiger charge is -2.26. The van der Waals surface area contributed by atoms with Crippen molar-refractivity contribution in [1.82, 2.24) is 9.29 Å². The molecule has 0 unspecified atom stereocenters. The van der Waals surface area contributed by atoms with Gasteiger partial charge in [0.1, 0.15) is 11.3 Å². The van der Waals surface area contributed by atoms with Gasteiger partial charge in [-0.25, -0.2) is 18.2 Å². The van der Waals surface area contributed by atoms with Gasteiger partial charge in [-0.05, 0) is 25.1 Å². The van der Waals surface area contributed by atoms with Crippen molar-refractivity contribution in [2.45, 2.75) is 11.8 Å². The van der Waals surface area contributed by atoms with E-state index in [2.05, 4.69) is 10.3 Å². The van der Waals surface area contributed by atoms with Crippen LogP contribution in [0.1, 0.15) is 15.9 Å². The zero-order valence-corrected chi connectivity index (χ0v) is 20.4. The largest absolute Gasteiger partial charge is 0.507 e. The van der Waals surface area contributed by atoms with Gasteiger partial charge in [-0.2, -0.15) is 4.31 Å². The summed E-state index contributed by atoms with van der Waals surface area (Å²) in [6.45, 7) is 2.26. The number of aryl methyl sites for hydroxylation is 1. The second-order valence-electron chi connectivity index (χ2n) is 7.72. The molecule has 3 aromatic rings. The number of nitrogens with zero attached hydrogens (tertiary/aromatic N) is 2. The molecule has 1 amide bonds. The molecule has 1 fully saturated rings. The van der Waals surface area contributed by atoms with Gasteiger partial charge in [-0.1, -0.05) is 29.8 Å². The number of rotatable bonds is 7. The van der Waals surface area contributed by atoms with Crippen LogP contribution in [0, 0.1) is 6.92 Å². The second kappa shape index (κ2) is 10.5. The average molecular weight is 518 g/mol. The Bertz CT molecular complexity index is 1330. The molecule has 4 rings (SSSR count). The lowest BCUT2D eigenvalue weighted by Crippen LogP contribution is -2.40. The van der Waals surface area contributed by atoms with Crippen LogP contribution in [-0.2, 0) is 24.3 Å². The highest BCUT2D eigenvalue weighted by Crippen LogP contribution is 2.26. The summed E-state index contributed by atoms with van der Waals surface area (Å²) in [6.07, 6.45) is 0. The number of sulfonamides is 1. The number of aromatic nitrogens is 1. The van der Waals surface area contributed by atoms with Crippen LogP contribution in [0.15, 0.2) is 52.7 Å². The first-order valence-electron chi connectivity index (χ1n) is 10.6. The van der Waals surface area contributed by atoms with E-state index in [0.717, 1.165) is 23.3 Å². The maximum atomic E-state index is 12.8. The summed E-state index contributed by atoms with van der Waals surface area (Å²) in [5.74, 6) is -2.12. The van der Waals surface area contributed by atoms with E-state index in [1.54, 1.807) is 5.38 Å². The number of morpholine rings is 1. The Balaban J connectivity index is 1.38. The number of aromatic hydroxyl groups is 1. The van der Waals surface area contributed by atoms with E-state index in [0.29, 0.717) is 10.8 Å². The first-order chi connectivity index (χ1) is 16.7. The fraction of sp³-hybridized carbons (Fsp3) is 0.261. The van der Waals surface area contributed by atoms with Crippen LogP contribution in [0.4, 0.5) is 5.13 Å². The number of phenols is 1. The predicted molar refractivity (Wildman–Crippen MR) is 129 cm³/mol. The van der Waals surface area contributed by atoms with E-state index in [4.69, 9.17) is 9.47 Å². The molecule has 184 valence electrons. The van der Waals surface area contributed by atoms with Crippen LogP contribution in [-0.4, -0.2) is 67.6 Å². The number of benzene rings is 2. The minimum atomic E-state index is -3.88. The third kappa shape index (κ3) is 5.85. The molecule has 10 nitrogen and oxygen atoms in total. The van der Waals surface area contributed by atoms with Gasteiger partial charge in [0, 0.05) is 24.0 Å². The lowest BCUT2D eigenvalue weighted by molar-refractivity contribution is -0.119. The van der Waals surface area contributed by atoms with Gasteiger partial charge in [0.2, 0.25) is 10.0 Å². The first kappa shape index (κ1) is 24.8. The molecule has 12 heteroatoms. The zero-order chi connectivity index (χ0) is 25.0. The summed E-state index contributed by atoms with van der Waals surface area (Å²) in [6, 6.07) is 11.1. The summed E-state index contributed by atoms with van der Waals surface area (Å²) >= 11 is 1.22. The van der Waals surface area contributed by atoms with E-state index in [1.165, 1.54) is 21.7 Å². The van der Waals surface area contributed by atoms with E-state index >= 15 is 0 Å². The fourth-order valence-corrected chi connectivity index (χ4v) is 5.50. The first-order valence-corrected chi connectivity index (χ1v) is 13.0. The molecule has 1 aliphatic rings. The zero-order valence-electron chi connectivity index (χ0n) is 18.8. The molecule has 35 heavy (non-hydrogen) atoms. The number of ether oxygens (including phenoxy) is 2. The van der Waals surface area contributed by atoms with Crippen molar-refractivity contribution in [2.24, 2.45) is 0 Å². The van der Waals surface area contributed by atoms with E-state index in [1.807, 2.05) is 31.2 Å². The van der Waals surface area contributed by atoms with E-state index in [9.17, 15) is 23.1 Å². The van der Waals surface area contributed by atoms with Crippen molar-refractivity contribution in [3.05, 3.63) is 59.0 Å². The molecule has 1 aliphatic heterocycles. The van der Waals surface area contributed by atoms with Gasteiger partial charge in [-0.15, -0.1) is 11.3 Å². The number of hydrogen-bond donors (Lipinski definition) is 2. The Hall–Kier alpha value is -3.32. The molecule has 2 aromatic carbocycles. The molecule has 0 spiro atoms. The number of carbonyl (C=O) groups is 2. The number of anilines is 1. The highest BCUT2D eigenvalue weighted by molar-refractivity contribution is 7.89. The molecule has 0 aliphatic carbocycles. The van der Waals surface area contributed by atoms with Crippen LogP contribution in [0.5, 0.6) is 5.75 Å². The van der Waals surface area contributed by atoms with Gasteiger partial charge < -0.3 is 14.6 Å². The highest BCUT2D eigenvalue weighted by atomic mass is 32.2. The van der Waals surface area contributed by atoms with Crippen LogP contribution in [0.3, 0.4) is 0 Å². The molecule has 1 saturated heterocycles. The predicted octanol–water partition coefficient (Wildman–Crippen LogP) is 2.64. The number of carbonyl (C=O) groups excluding carboxylic acids is 2. The molecule has 2 N–H and O–H groups in total. The molecule has 1 aromatic heterocycles. The van der Waals surface area contributed by atoms with E-state index in [-0.39, 0.29) is 36.8 Å². The second-order valence-corrected chi connectivity index (χ2v) is 10.5. The summed E-state index contributed by atoms with van der Waals surface area (Å²) in [4.78, 5) is 28.9. The van der Waals surface area contributed by atoms with Gasteiger partial charge in [0.25, 0.3) is 5.91 Å². The summed E-state index contributed by atoms with van der Waals surface area (Å²) < 4.78 is 37.1. The smallest absolute Gasteiger partial charge is 0.342 e. The SMILES string of the molecule is Cc1ccc(-c2csc(NC(=O)COC(=O)c3cc(S(=O)(=O)N4CCOCC4)ccc3O)n2)cc1. The number of hydrogen-bond acceptors (Lipinski definition) is 9. The molecule has 0 atom stereocenters. The maximum absolute atomic E-state index is 12.8. The third-order valence-electron chi connectivity index (χ3n) is 5.23. The maximum Gasteiger partial charge on any atom is 0.342 e. The van der Waals surface area contributed by atoms with Crippen LogP contribution >= 0.6 is 11.3 Å². The van der Waals surface area contributed by atoms with Crippen molar-refractivity contribution in [2.75, 3.05) is 38.2 Å². The normalized spacial score (nSPS) is 14.4. The summed E-state index contributed by atoms with van der Waals surface area (Å²) in [5, 5.41) is 14.8. The van der Waals surface area contributed by atoms with Crippen molar-refractivity contribution >= 4 is 38.4 Å². The van der Waals surface area contributed by atoms with Crippen molar-refractivity contribution in [1.29, 1.82) is 0 Å². The van der Waals surface area contributed by atoms with Crippen LogP contribution in [0.2, 0.25) is 0 Å². The van der Waals surface area contributed by atoms with Gasteiger partial charge in [0.15, 0.2) is 11.7 Å². The molecule has 0 radical (unpaired) electrons. The van der Waals surface area contributed by atoms with Crippen molar-refractivity contribution < 1.29 is 32.6 Å². The molecule has 0 saturated carbocycles. The highest BCUT2D eigenvalue weighted by Gasteiger charge is 2.28. The molecular weight excluding hydrogens is 494 g/mol. The number of thiazole rings is 1. The Morgan fingerprint density at radius 1 is 1.17 bits per heavy atom. The third-order valence-corrected chi connectivity index (χ3v) is 7.88. The number of amides is 1. The molecule has 2 heterocycles. The number of esters is 1. The average Bonchev–Trinajstić information content (AvgIpc) is 3.32. The monoisotopic (exact) mass is 517 g/mol. The van der Waals surface area contributed by atoms with Crippen molar-refractivity contribution in [3.63, 3.8) is 0 Å². The molecule has 0 bridgehead atoms. The topological polar surface area (TPSA) is 135 Å². The van der Waals surface area contributed by atoms with Gasteiger partial charge >= 0.3 is 5.97 Å². The minimum absolute atomic E-state index is 0.167. The Morgan fingerprint density at radius 2 is 1.89 bits per heavy atom. The Kier molecular flexibility index (Phi) is 7.45. The summed E-state index contributed by atoms with van der Waals surface area (Å²) in [5.41, 5.74) is 2.37. The number of phenolic OH excluding ortho intramolecular Hbond substituents is 1. The summed E-state index contributed by atoms with van der Waals surface area (Å²) in [7, 11) is -3.88. The minimum Gasteiger partial charge on any atom is -0.507 e. The Labute approximate surface area is 206 Å². The Morgan fingerprint density at radius 3 is 2.60 bits per heavy atom. The molecular formula is C23H23N3O7S2. The quantitative estimate of drug-likeness (QED) is 0.457. The standard InChI is InChI=1S/C23H23N3O7S2/c1-15-2-4-16(5-3-15)19-14-34-23(24-19)25-21(28)13-33-22(29)18-12-17(6-7-20(18)27)35(30,31)26-8-10-32-11-9-26/h2-7,12,14,27H,8-11,13H2,1H3,(H,24,25,28). The van der Waals surface area contributed by atoms with E-state index < -0.39 is 34.3 Å². The number of nitrogens with one attached hydrogen (secondary N) is 1. The van der Waals surface area contributed by atoms with Crippen LogP contribution in [0.25, 0.3) is 11.3 Å². The lowest BCUT2D eigenvalue weighted by atomic mass is 10.1. The van der Waals surface area contributed by atoms with Gasteiger partial charge in [0.05, 0.1) is 23.8 Å². The van der Waals surface area contributed by atoms with Crippen molar-refractivity contribution in [3.8, 4) is 17.0 Å².